The molecule has 2 aliphatic rings. The molecule has 21 heavy (non-hydrogen) atoms. The minimum absolute atomic E-state index is 0.266. The Labute approximate surface area is 123 Å². The minimum atomic E-state index is 0.266. The topological polar surface area (TPSA) is 71.9 Å². The summed E-state index contributed by atoms with van der Waals surface area (Å²) in [6, 6.07) is 0.275. The number of hydrogen-bond donors (Lipinski definition) is 1. The Bertz CT molecular complexity index is 628. The van der Waals surface area contributed by atoms with Gasteiger partial charge in [0.1, 0.15) is 0 Å². The molecule has 7 heteroatoms. The van der Waals surface area contributed by atoms with Gasteiger partial charge in [0.15, 0.2) is 0 Å². The summed E-state index contributed by atoms with van der Waals surface area (Å²) in [5.74, 6) is 0. The van der Waals surface area contributed by atoms with Crippen LogP contribution < -0.4 is 0 Å². The first kappa shape index (κ1) is 13.0. The number of ether oxygens (including phenoxy) is 1. The van der Waals surface area contributed by atoms with Crippen LogP contribution in [0.5, 0.6) is 0 Å². The molecule has 0 unspecified atom stereocenters. The zero-order valence-electron chi connectivity index (χ0n) is 12.4. The van der Waals surface area contributed by atoms with Crippen molar-refractivity contribution >= 4 is 0 Å². The van der Waals surface area contributed by atoms with Gasteiger partial charge in [0, 0.05) is 30.9 Å². The van der Waals surface area contributed by atoms with Crippen molar-refractivity contribution in [3.05, 3.63) is 28.8 Å². The molecule has 0 radical (unpaired) electrons. The van der Waals surface area contributed by atoms with E-state index in [2.05, 4.69) is 43.9 Å². The number of aryl methyl sites for hydroxylation is 2. The van der Waals surface area contributed by atoms with E-state index in [-0.39, 0.29) is 12.1 Å². The van der Waals surface area contributed by atoms with Gasteiger partial charge in [0.2, 0.25) is 0 Å². The van der Waals surface area contributed by atoms with Crippen LogP contribution in [0.3, 0.4) is 0 Å². The first-order chi connectivity index (χ1) is 10.2. The zero-order valence-corrected chi connectivity index (χ0v) is 12.4. The molecule has 0 saturated carbocycles. The number of nitrogens with one attached hydrogen (secondary N) is 1. The number of hydrogen-bond acceptors (Lipinski definition) is 5. The van der Waals surface area contributed by atoms with Gasteiger partial charge in [0.25, 0.3) is 0 Å². The lowest BCUT2D eigenvalue weighted by Gasteiger charge is -2.41. The summed E-state index contributed by atoms with van der Waals surface area (Å²) in [6.07, 6.45) is 3.11. The van der Waals surface area contributed by atoms with Crippen LogP contribution >= 0.6 is 0 Å². The van der Waals surface area contributed by atoms with Gasteiger partial charge in [0.05, 0.1) is 36.3 Å². The fourth-order valence-corrected chi connectivity index (χ4v) is 3.42. The fraction of sp³-hybridized carbons (Fsp3) is 0.643. The van der Waals surface area contributed by atoms with Gasteiger partial charge in [-0.05, 0) is 20.3 Å². The third-order valence-corrected chi connectivity index (χ3v) is 4.68. The number of nitrogens with zero attached hydrogens (tertiary/aromatic N) is 5. The molecule has 2 atom stereocenters. The van der Waals surface area contributed by atoms with Crippen LogP contribution in [0.4, 0.5) is 0 Å². The Morgan fingerprint density at radius 1 is 1.43 bits per heavy atom. The molecule has 1 N–H and O–H groups in total. The molecule has 0 amide bonds. The van der Waals surface area contributed by atoms with Gasteiger partial charge < -0.3 is 4.74 Å². The van der Waals surface area contributed by atoms with Crippen molar-refractivity contribution in [2.75, 3.05) is 13.1 Å². The highest BCUT2D eigenvalue weighted by atomic mass is 16.5. The number of aromatic amines is 1. The third kappa shape index (κ3) is 2.16. The average Bonchev–Trinajstić information content (AvgIpc) is 3.09. The molecule has 7 nitrogen and oxygen atoms in total. The summed E-state index contributed by atoms with van der Waals surface area (Å²) in [5.41, 5.74) is 4.64. The van der Waals surface area contributed by atoms with E-state index in [1.807, 2.05) is 0 Å². The normalized spacial score (nSPS) is 25.6. The van der Waals surface area contributed by atoms with Gasteiger partial charge in [-0.2, -0.15) is 5.10 Å². The lowest BCUT2D eigenvalue weighted by molar-refractivity contribution is -0.0670. The van der Waals surface area contributed by atoms with Gasteiger partial charge in [-0.25, -0.2) is 4.68 Å². The first-order valence-electron chi connectivity index (χ1n) is 7.46. The van der Waals surface area contributed by atoms with Crippen molar-refractivity contribution in [1.29, 1.82) is 0 Å². The van der Waals surface area contributed by atoms with Crippen LogP contribution in [-0.2, 0) is 17.9 Å². The quantitative estimate of drug-likeness (QED) is 0.891. The van der Waals surface area contributed by atoms with E-state index >= 15 is 0 Å². The number of rotatable bonds is 2. The van der Waals surface area contributed by atoms with Crippen LogP contribution in [0.1, 0.15) is 35.1 Å². The highest BCUT2D eigenvalue weighted by Gasteiger charge is 2.36. The third-order valence-electron chi connectivity index (χ3n) is 4.68. The maximum absolute atomic E-state index is 5.95. The van der Waals surface area contributed by atoms with Crippen LogP contribution in [0.25, 0.3) is 0 Å². The highest BCUT2D eigenvalue weighted by molar-refractivity contribution is 5.23. The molecule has 1 saturated heterocycles. The summed E-state index contributed by atoms with van der Waals surface area (Å²) >= 11 is 0. The predicted octanol–water partition coefficient (Wildman–Crippen LogP) is 0.964. The molecule has 0 aliphatic carbocycles. The molecule has 0 aromatic carbocycles. The summed E-state index contributed by atoms with van der Waals surface area (Å²) < 4.78 is 8.00. The number of piperidine rings is 1. The Morgan fingerprint density at radius 2 is 2.33 bits per heavy atom. The van der Waals surface area contributed by atoms with Crippen molar-refractivity contribution in [2.24, 2.45) is 0 Å². The van der Waals surface area contributed by atoms with Crippen molar-refractivity contribution in [3.8, 4) is 0 Å². The second kappa shape index (κ2) is 4.92. The van der Waals surface area contributed by atoms with E-state index < -0.39 is 0 Å². The standard InChI is InChI=1S/C14H20N6O/c1-9-12(10(2)17-16-9)6-19-4-3-14-13(7-19)20-11(8-21-14)5-15-18-20/h5,13-14H,3-4,6-8H2,1-2H3,(H,16,17)/t13-,14-/m0/s1. The van der Waals surface area contributed by atoms with Crippen LogP contribution in [0, 0.1) is 13.8 Å². The molecule has 0 bridgehead atoms. The Hall–Kier alpha value is -1.73. The fourth-order valence-electron chi connectivity index (χ4n) is 3.42. The summed E-state index contributed by atoms with van der Waals surface area (Å²) in [4.78, 5) is 2.46. The van der Waals surface area contributed by atoms with Crippen LogP contribution in [0.15, 0.2) is 6.20 Å². The second-order valence-electron chi connectivity index (χ2n) is 6.02. The number of fused-ring (bicyclic) bond motifs is 3. The molecular formula is C14H20N6O. The lowest BCUT2D eigenvalue weighted by Crippen LogP contribution is -2.47. The van der Waals surface area contributed by atoms with Crippen molar-refractivity contribution in [1.82, 2.24) is 30.1 Å². The van der Waals surface area contributed by atoms with Gasteiger partial charge >= 0.3 is 0 Å². The highest BCUT2D eigenvalue weighted by Crippen LogP contribution is 2.30. The maximum atomic E-state index is 5.95. The molecule has 2 aromatic rings. The van der Waals surface area contributed by atoms with E-state index in [1.165, 1.54) is 5.56 Å². The average molecular weight is 288 g/mol. The van der Waals surface area contributed by atoms with Crippen LogP contribution in [0.2, 0.25) is 0 Å². The molecule has 0 spiro atoms. The van der Waals surface area contributed by atoms with Crippen LogP contribution in [-0.4, -0.2) is 49.3 Å². The maximum Gasteiger partial charge on any atom is 0.0930 e. The van der Waals surface area contributed by atoms with E-state index in [4.69, 9.17) is 4.74 Å². The molecule has 112 valence electrons. The van der Waals surface area contributed by atoms with Crippen molar-refractivity contribution < 1.29 is 4.74 Å². The predicted molar refractivity (Wildman–Crippen MR) is 75.6 cm³/mol. The van der Waals surface area contributed by atoms with Gasteiger partial charge in [-0.3, -0.25) is 10.00 Å². The first-order valence-corrected chi connectivity index (χ1v) is 7.46. The lowest BCUT2D eigenvalue weighted by atomic mass is 9.99. The summed E-state index contributed by atoms with van der Waals surface area (Å²) in [5, 5.41) is 15.6. The summed E-state index contributed by atoms with van der Waals surface area (Å²) in [7, 11) is 0. The molecule has 4 heterocycles. The monoisotopic (exact) mass is 288 g/mol. The van der Waals surface area contributed by atoms with E-state index in [9.17, 15) is 0 Å². The van der Waals surface area contributed by atoms with E-state index in [0.717, 1.165) is 43.1 Å². The van der Waals surface area contributed by atoms with Crippen molar-refractivity contribution in [2.45, 2.75) is 45.6 Å². The second-order valence-corrected chi connectivity index (χ2v) is 6.02. The largest absolute Gasteiger partial charge is 0.370 e. The smallest absolute Gasteiger partial charge is 0.0930 e. The Morgan fingerprint density at radius 3 is 3.14 bits per heavy atom. The molecular weight excluding hydrogens is 268 g/mol. The van der Waals surface area contributed by atoms with E-state index in [0.29, 0.717) is 6.61 Å². The molecule has 2 aliphatic heterocycles. The van der Waals surface area contributed by atoms with Crippen molar-refractivity contribution in [3.63, 3.8) is 0 Å². The van der Waals surface area contributed by atoms with E-state index in [1.54, 1.807) is 6.20 Å². The summed E-state index contributed by atoms with van der Waals surface area (Å²) in [6.45, 7) is 7.71. The molecule has 1 fully saturated rings. The number of likely N-dealkylation sites (tertiary alicyclic amines) is 1. The SMILES string of the molecule is Cc1n[nH]c(C)c1CN1CC[C@@H]2OCc3cnnn3[C@H]2C1. The Balaban J connectivity index is 1.54. The Kier molecular flexibility index (Phi) is 3.04. The van der Waals surface area contributed by atoms with Gasteiger partial charge in [-0.15, -0.1) is 5.10 Å². The molecule has 4 rings (SSSR count). The van der Waals surface area contributed by atoms with Gasteiger partial charge in [-0.1, -0.05) is 5.21 Å². The zero-order chi connectivity index (χ0) is 14.4. The number of H-pyrrole nitrogens is 1. The number of aromatic nitrogens is 5. The molecule has 2 aromatic heterocycles. The minimum Gasteiger partial charge on any atom is -0.370 e.